The third-order valence-corrected chi connectivity index (χ3v) is 9.65. The Morgan fingerprint density at radius 2 is 1.70 bits per heavy atom. The highest BCUT2D eigenvalue weighted by molar-refractivity contribution is 7.92. The molecule has 0 saturated heterocycles. The number of hydrogen-bond donors (Lipinski definition) is 3. The van der Waals surface area contributed by atoms with Gasteiger partial charge >= 0.3 is 6.03 Å². The summed E-state index contributed by atoms with van der Waals surface area (Å²) in [5.41, 5.74) is 3.17. The van der Waals surface area contributed by atoms with E-state index in [0.29, 0.717) is 22.2 Å². The lowest BCUT2D eigenvalue weighted by molar-refractivity contribution is 0.102. The van der Waals surface area contributed by atoms with Crippen molar-refractivity contribution in [3.05, 3.63) is 77.4 Å². The largest absolute Gasteiger partial charge is 0.327 e. The van der Waals surface area contributed by atoms with Crippen LogP contribution in [0, 0.1) is 0 Å². The molecule has 0 unspecified atom stereocenters. The summed E-state index contributed by atoms with van der Waals surface area (Å²) in [6.45, 7) is 0.228. The smallest absolute Gasteiger partial charge is 0.299 e. The van der Waals surface area contributed by atoms with Crippen LogP contribution in [0.3, 0.4) is 0 Å². The number of carbonyl (C=O) groups is 2. The molecule has 0 radical (unpaired) electrons. The summed E-state index contributed by atoms with van der Waals surface area (Å²) in [5, 5.41) is 18.9. The van der Waals surface area contributed by atoms with Crippen LogP contribution in [0.2, 0.25) is 0 Å². The van der Waals surface area contributed by atoms with E-state index in [0.717, 1.165) is 23.2 Å². The molecule has 0 aliphatic heterocycles. The van der Waals surface area contributed by atoms with E-state index in [9.17, 15) is 18.0 Å². The van der Waals surface area contributed by atoms with Gasteiger partial charge in [0.15, 0.2) is 9.84 Å². The molecule has 1 saturated carbocycles. The number of hydrogen-bond acceptors (Lipinski definition) is 8. The van der Waals surface area contributed by atoms with Crippen LogP contribution in [0.4, 0.5) is 21.4 Å². The van der Waals surface area contributed by atoms with Gasteiger partial charge in [0.05, 0.1) is 11.5 Å². The fourth-order valence-corrected chi connectivity index (χ4v) is 6.55. The molecule has 11 nitrogen and oxygen atoms in total. The van der Waals surface area contributed by atoms with Gasteiger partial charge in [-0.25, -0.2) is 13.2 Å². The number of thiophene rings is 1. The van der Waals surface area contributed by atoms with Crippen LogP contribution in [0.15, 0.2) is 64.9 Å². The molecular weight excluding hydrogens is 550 g/mol. The van der Waals surface area contributed by atoms with E-state index < -0.39 is 15.9 Å². The Bertz CT molecular complexity index is 1560. The first-order chi connectivity index (χ1) is 19.3. The van der Waals surface area contributed by atoms with Crippen LogP contribution in [0.25, 0.3) is 0 Å². The Morgan fingerprint density at radius 1 is 0.975 bits per heavy atom. The van der Waals surface area contributed by atoms with Gasteiger partial charge in [0, 0.05) is 17.5 Å². The van der Waals surface area contributed by atoms with Crippen LogP contribution >= 0.6 is 11.3 Å². The molecule has 13 heteroatoms. The summed E-state index contributed by atoms with van der Waals surface area (Å²) < 4.78 is 24.0. The normalized spacial score (nSPS) is 14.0. The lowest BCUT2D eigenvalue weighted by Gasteiger charge is -2.25. The lowest BCUT2D eigenvalue weighted by atomic mass is 9.84. The van der Waals surface area contributed by atoms with Crippen molar-refractivity contribution in [2.24, 2.45) is 0 Å². The maximum atomic E-state index is 13.5. The average molecular weight is 580 g/mol. The molecule has 2 aromatic heterocycles. The predicted molar refractivity (Wildman–Crippen MR) is 153 cm³/mol. The standard InChI is InChI=1S/C27H29N7O4S2/c1-40(37,38)24-16-15-23(39-24)28-27(36)34(22-13-11-20(12-14-22)19-5-3-2-4-6-19)17-18-7-9-21(10-8-18)25(35)29-26-30-32-33-31-26/h7-16,19H,2-6,17H2,1H3,(H,28,36)(H2,29,30,31,32,33,35). The molecule has 2 heterocycles. The third-order valence-electron chi connectivity index (χ3n) is 6.83. The number of anilines is 3. The first-order valence-electron chi connectivity index (χ1n) is 12.9. The average Bonchev–Trinajstić information content (AvgIpc) is 3.65. The van der Waals surface area contributed by atoms with E-state index in [1.165, 1.54) is 43.7 Å². The maximum absolute atomic E-state index is 13.5. The SMILES string of the molecule is CS(=O)(=O)c1ccc(NC(=O)N(Cc2ccc(C(=O)Nc3nn[nH]n3)cc2)c2ccc(C3CCCCC3)cc2)s1. The molecule has 40 heavy (non-hydrogen) atoms. The van der Waals surface area contributed by atoms with Crippen molar-refractivity contribution in [1.29, 1.82) is 0 Å². The Hall–Kier alpha value is -4.10. The Kier molecular flexibility index (Phi) is 8.21. The number of urea groups is 1. The van der Waals surface area contributed by atoms with Crippen molar-refractivity contribution in [2.75, 3.05) is 21.8 Å². The Balaban J connectivity index is 1.35. The number of nitrogens with zero attached hydrogens (tertiary/aromatic N) is 4. The van der Waals surface area contributed by atoms with Crippen LogP contribution < -0.4 is 15.5 Å². The van der Waals surface area contributed by atoms with Gasteiger partial charge in [0.2, 0.25) is 0 Å². The van der Waals surface area contributed by atoms with Crippen LogP contribution in [-0.4, -0.2) is 47.2 Å². The van der Waals surface area contributed by atoms with E-state index in [1.54, 1.807) is 35.2 Å². The van der Waals surface area contributed by atoms with Crippen LogP contribution in [-0.2, 0) is 16.4 Å². The Morgan fingerprint density at radius 3 is 2.33 bits per heavy atom. The Labute approximate surface area is 235 Å². The fraction of sp³-hybridized carbons (Fsp3) is 0.296. The molecule has 0 atom stereocenters. The number of amides is 3. The second kappa shape index (κ2) is 12.0. The zero-order valence-corrected chi connectivity index (χ0v) is 23.5. The van der Waals surface area contributed by atoms with Crippen molar-refractivity contribution in [3.63, 3.8) is 0 Å². The number of rotatable bonds is 8. The number of aromatic amines is 1. The van der Waals surface area contributed by atoms with E-state index >= 15 is 0 Å². The number of sulfone groups is 1. The molecule has 0 bridgehead atoms. The van der Waals surface area contributed by atoms with Gasteiger partial charge in [0.25, 0.3) is 11.9 Å². The highest BCUT2D eigenvalue weighted by Gasteiger charge is 2.21. The molecular formula is C27H29N7O4S2. The molecule has 0 spiro atoms. The second-order valence-corrected chi connectivity index (χ2v) is 13.0. The summed E-state index contributed by atoms with van der Waals surface area (Å²) in [7, 11) is -3.37. The number of H-pyrrole nitrogens is 1. The van der Waals surface area contributed by atoms with Gasteiger partial charge in [-0.3, -0.25) is 20.3 Å². The molecule has 208 valence electrons. The molecule has 1 aliphatic rings. The number of carbonyl (C=O) groups excluding carboxylic acids is 2. The van der Waals surface area contributed by atoms with Gasteiger partial charge in [0.1, 0.15) is 4.21 Å². The van der Waals surface area contributed by atoms with Crippen molar-refractivity contribution in [3.8, 4) is 0 Å². The minimum absolute atomic E-state index is 0.0706. The van der Waals surface area contributed by atoms with Crippen molar-refractivity contribution in [1.82, 2.24) is 20.6 Å². The predicted octanol–water partition coefficient (Wildman–Crippen LogP) is 5.20. The van der Waals surface area contributed by atoms with Gasteiger partial charge in [-0.15, -0.1) is 16.4 Å². The third kappa shape index (κ3) is 6.72. The van der Waals surface area contributed by atoms with Gasteiger partial charge in [-0.1, -0.05) is 48.6 Å². The minimum Gasteiger partial charge on any atom is -0.299 e. The van der Waals surface area contributed by atoms with Gasteiger partial charge < -0.3 is 0 Å². The summed E-state index contributed by atoms with van der Waals surface area (Å²) in [6.07, 6.45) is 7.25. The van der Waals surface area contributed by atoms with Crippen molar-refractivity contribution < 1.29 is 18.0 Å². The topological polar surface area (TPSA) is 150 Å². The first-order valence-corrected chi connectivity index (χ1v) is 15.6. The van der Waals surface area contributed by atoms with E-state index in [-0.39, 0.29) is 22.6 Å². The summed E-state index contributed by atoms with van der Waals surface area (Å²) >= 11 is 1.01. The second-order valence-electron chi connectivity index (χ2n) is 9.72. The zero-order valence-electron chi connectivity index (χ0n) is 21.8. The molecule has 5 rings (SSSR count). The van der Waals surface area contributed by atoms with Crippen LogP contribution in [0.1, 0.15) is 59.5 Å². The highest BCUT2D eigenvalue weighted by atomic mass is 32.2. The van der Waals surface area contributed by atoms with E-state index in [4.69, 9.17) is 0 Å². The quantitative estimate of drug-likeness (QED) is 0.259. The fourth-order valence-electron chi connectivity index (χ4n) is 4.73. The molecule has 3 N–H and O–H groups in total. The van der Waals surface area contributed by atoms with Crippen molar-refractivity contribution >= 4 is 49.7 Å². The molecule has 3 amide bonds. The molecule has 1 fully saturated rings. The monoisotopic (exact) mass is 579 g/mol. The zero-order chi connectivity index (χ0) is 28.1. The minimum atomic E-state index is -3.37. The lowest BCUT2D eigenvalue weighted by Crippen LogP contribution is -2.34. The first kappa shape index (κ1) is 27.5. The van der Waals surface area contributed by atoms with E-state index in [1.807, 2.05) is 12.1 Å². The summed E-state index contributed by atoms with van der Waals surface area (Å²) in [5.74, 6) is 0.221. The maximum Gasteiger partial charge on any atom is 0.327 e. The van der Waals surface area contributed by atoms with Crippen molar-refractivity contribution in [2.45, 2.75) is 48.8 Å². The summed E-state index contributed by atoms with van der Waals surface area (Å²) in [4.78, 5) is 27.6. The summed E-state index contributed by atoms with van der Waals surface area (Å²) in [6, 6.07) is 17.6. The number of tetrazole rings is 1. The molecule has 2 aromatic carbocycles. The number of benzene rings is 2. The highest BCUT2D eigenvalue weighted by Crippen LogP contribution is 2.34. The van der Waals surface area contributed by atoms with E-state index in [2.05, 4.69) is 43.4 Å². The number of aromatic nitrogens is 4. The molecule has 4 aromatic rings. The van der Waals surface area contributed by atoms with Gasteiger partial charge in [-0.05, 0) is 71.5 Å². The molecule has 1 aliphatic carbocycles. The van der Waals surface area contributed by atoms with Gasteiger partial charge in [-0.2, -0.15) is 5.21 Å². The number of nitrogens with one attached hydrogen (secondary N) is 3. The van der Waals surface area contributed by atoms with Crippen LogP contribution in [0.5, 0.6) is 0 Å².